The van der Waals surface area contributed by atoms with Gasteiger partial charge in [0.15, 0.2) is 11.5 Å². The van der Waals surface area contributed by atoms with Crippen molar-refractivity contribution in [2.45, 2.75) is 26.4 Å². The minimum Gasteiger partial charge on any atom is -0.463 e. The lowest BCUT2D eigenvalue weighted by Crippen LogP contribution is -2.29. The van der Waals surface area contributed by atoms with Crippen LogP contribution in [0.5, 0.6) is 0 Å². The first kappa shape index (κ1) is 14.3. The molecule has 108 valence electrons. The Hall–Kier alpha value is -2.08. The number of amides is 1. The molecule has 0 aliphatic carbocycles. The predicted octanol–water partition coefficient (Wildman–Crippen LogP) is 1.81. The lowest BCUT2D eigenvalue weighted by molar-refractivity contribution is 0.0934. The number of aromatic nitrogens is 2. The molecule has 0 radical (unpaired) electrons. The molecule has 2 unspecified atom stereocenters. The molecule has 2 aromatic heterocycles. The Labute approximate surface area is 117 Å². The normalized spacial score (nSPS) is 13.9. The van der Waals surface area contributed by atoms with Gasteiger partial charge in [-0.3, -0.25) is 9.89 Å². The smallest absolute Gasteiger partial charge is 0.271 e. The van der Waals surface area contributed by atoms with E-state index < -0.39 is 0 Å². The van der Waals surface area contributed by atoms with Gasteiger partial charge in [0, 0.05) is 12.6 Å². The second-order valence-electron chi connectivity index (χ2n) is 5.04. The predicted molar refractivity (Wildman–Crippen MR) is 74.1 cm³/mol. The van der Waals surface area contributed by atoms with E-state index in [4.69, 9.17) is 4.42 Å². The highest BCUT2D eigenvalue weighted by Gasteiger charge is 2.14. The van der Waals surface area contributed by atoms with Gasteiger partial charge in [-0.2, -0.15) is 5.10 Å². The van der Waals surface area contributed by atoms with Gasteiger partial charge >= 0.3 is 0 Å². The van der Waals surface area contributed by atoms with Crippen LogP contribution in [0.15, 0.2) is 28.9 Å². The molecular formula is C14H19N3O3. The monoisotopic (exact) mass is 277 g/mol. The van der Waals surface area contributed by atoms with Gasteiger partial charge in [0.1, 0.15) is 5.69 Å². The van der Waals surface area contributed by atoms with Crippen molar-refractivity contribution in [3.8, 4) is 11.5 Å². The minimum absolute atomic E-state index is 0.211. The maximum atomic E-state index is 11.9. The zero-order valence-corrected chi connectivity index (χ0v) is 11.6. The molecule has 2 heterocycles. The summed E-state index contributed by atoms with van der Waals surface area (Å²) in [5.74, 6) is 0.609. The minimum atomic E-state index is -0.363. The third kappa shape index (κ3) is 3.71. The van der Waals surface area contributed by atoms with Crippen molar-refractivity contribution >= 4 is 5.91 Å². The van der Waals surface area contributed by atoms with Gasteiger partial charge in [-0.05, 0) is 31.4 Å². The molecule has 0 bridgehead atoms. The topological polar surface area (TPSA) is 91.1 Å². The van der Waals surface area contributed by atoms with Crippen molar-refractivity contribution in [1.82, 2.24) is 15.5 Å². The number of aliphatic hydroxyl groups is 1. The van der Waals surface area contributed by atoms with Crippen molar-refractivity contribution in [2.24, 2.45) is 5.92 Å². The molecule has 2 rings (SSSR count). The fourth-order valence-electron chi connectivity index (χ4n) is 2.02. The van der Waals surface area contributed by atoms with Crippen molar-refractivity contribution in [3.05, 3.63) is 30.2 Å². The van der Waals surface area contributed by atoms with Gasteiger partial charge < -0.3 is 14.8 Å². The first-order chi connectivity index (χ1) is 9.56. The fourth-order valence-corrected chi connectivity index (χ4v) is 2.02. The zero-order chi connectivity index (χ0) is 14.5. The van der Waals surface area contributed by atoms with E-state index >= 15 is 0 Å². The van der Waals surface area contributed by atoms with Gasteiger partial charge in [-0.1, -0.05) is 6.92 Å². The van der Waals surface area contributed by atoms with Crippen LogP contribution in [-0.2, 0) is 0 Å². The molecule has 20 heavy (non-hydrogen) atoms. The lowest BCUT2D eigenvalue weighted by atomic mass is 10.0. The number of H-pyrrole nitrogens is 1. The summed E-state index contributed by atoms with van der Waals surface area (Å²) in [5.41, 5.74) is 0.984. The highest BCUT2D eigenvalue weighted by Crippen LogP contribution is 2.17. The van der Waals surface area contributed by atoms with Gasteiger partial charge in [-0.15, -0.1) is 0 Å². The lowest BCUT2D eigenvalue weighted by Gasteiger charge is -2.13. The Bertz CT molecular complexity index is 546. The van der Waals surface area contributed by atoms with E-state index in [1.54, 1.807) is 31.4 Å². The highest BCUT2D eigenvalue weighted by atomic mass is 16.3. The number of carbonyl (C=O) groups excluding carboxylic acids is 1. The third-order valence-corrected chi connectivity index (χ3v) is 2.95. The van der Waals surface area contributed by atoms with Crippen LogP contribution < -0.4 is 5.32 Å². The number of furan rings is 1. The quantitative estimate of drug-likeness (QED) is 0.751. The standard InChI is InChI=1S/C14H19N3O3/c1-9(6-10(2)18)8-15-14(19)12-7-11(16-17-12)13-4-3-5-20-13/h3-5,7,9-10,18H,6,8H2,1-2H3,(H,15,19)(H,16,17). The molecule has 0 aliphatic rings. The number of carbonyl (C=O) groups is 1. The molecule has 0 saturated heterocycles. The number of aliphatic hydroxyl groups excluding tert-OH is 1. The average molecular weight is 277 g/mol. The molecule has 6 nitrogen and oxygen atoms in total. The average Bonchev–Trinajstić information content (AvgIpc) is 3.04. The van der Waals surface area contributed by atoms with E-state index in [9.17, 15) is 9.90 Å². The second kappa shape index (κ2) is 6.38. The Balaban J connectivity index is 1.90. The van der Waals surface area contributed by atoms with E-state index in [1.807, 2.05) is 6.92 Å². The molecule has 1 amide bonds. The summed E-state index contributed by atoms with van der Waals surface area (Å²) < 4.78 is 5.22. The number of rotatable bonds is 6. The Morgan fingerprint density at radius 1 is 1.55 bits per heavy atom. The molecule has 3 N–H and O–H groups in total. The molecule has 0 aromatic carbocycles. The van der Waals surface area contributed by atoms with Crippen LogP contribution in [0, 0.1) is 5.92 Å². The second-order valence-corrected chi connectivity index (χ2v) is 5.04. The molecule has 0 aliphatic heterocycles. The van der Waals surface area contributed by atoms with E-state index in [1.165, 1.54) is 0 Å². The summed E-state index contributed by atoms with van der Waals surface area (Å²) in [7, 11) is 0. The van der Waals surface area contributed by atoms with Crippen molar-refractivity contribution in [2.75, 3.05) is 6.54 Å². The largest absolute Gasteiger partial charge is 0.463 e. The van der Waals surface area contributed by atoms with Crippen molar-refractivity contribution in [3.63, 3.8) is 0 Å². The molecule has 0 fully saturated rings. The molecule has 2 aromatic rings. The molecule has 2 atom stereocenters. The summed E-state index contributed by atoms with van der Waals surface area (Å²) >= 11 is 0. The summed E-state index contributed by atoms with van der Waals surface area (Å²) in [6, 6.07) is 5.21. The van der Waals surface area contributed by atoms with Crippen LogP contribution in [0.1, 0.15) is 30.8 Å². The molecule has 0 saturated carbocycles. The summed E-state index contributed by atoms with van der Waals surface area (Å²) in [6.07, 6.45) is 1.85. The summed E-state index contributed by atoms with van der Waals surface area (Å²) in [4.78, 5) is 11.9. The van der Waals surface area contributed by atoms with Crippen molar-refractivity contribution < 1.29 is 14.3 Å². The van der Waals surface area contributed by atoms with Crippen LogP contribution in [0.2, 0.25) is 0 Å². The Kier molecular flexibility index (Phi) is 4.57. The molecule has 6 heteroatoms. The highest BCUT2D eigenvalue weighted by molar-refractivity contribution is 5.93. The summed E-state index contributed by atoms with van der Waals surface area (Å²) in [5, 5.41) is 18.8. The van der Waals surface area contributed by atoms with Gasteiger partial charge in [0.25, 0.3) is 5.91 Å². The van der Waals surface area contributed by atoms with Crippen LogP contribution >= 0.6 is 0 Å². The van der Waals surface area contributed by atoms with E-state index in [-0.39, 0.29) is 17.9 Å². The first-order valence-electron chi connectivity index (χ1n) is 6.62. The van der Waals surface area contributed by atoms with Crippen LogP contribution in [0.4, 0.5) is 0 Å². The van der Waals surface area contributed by atoms with Gasteiger partial charge in [0.05, 0.1) is 12.4 Å². The van der Waals surface area contributed by atoms with Crippen LogP contribution in [-0.4, -0.2) is 33.9 Å². The maximum absolute atomic E-state index is 11.9. The number of nitrogens with zero attached hydrogens (tertiary/aromatic N) is 1. The maximum Gasteiger partial charge on any atom is 0.271 e. The van der Waals surface area contributed by atoms with Gasteiger partial charge in [-0.25, -0.2) is 0 Å². The fraction of sp³-hybridized carbons (Fsp3) is 0.429. The molecule has 0 spiro atoms. The van der Waals surface area contributed by atoms with Crippen LogP contribution in [0.3, 0.4) is 0 Å². The third-order valence-electron chi connectivity index (χ3n) is 2.95. The van der Waals surface area contributed by atoms with Gasteiger partial charge in [0.2, 0.25) is 0 Å². The van der Waals surface area contributed by atoms with E-state index in [0.29, 0.717) is 30.1 Å². The number of aromatic amines is 1. The first-order valence-corrected chi connectivity index (χ1v) is 6.62. The summed E-state index contributed by atoms with van der Waals surface area (Å²) in [6.45, 7) is 4.22. The Morgan fingerprint density at radius 2 is 2.35 bits per heavy atom. The van der Waals surface area contributed by atoms with E-state index in [0.717, 1.165) is 0 Å². The number of hydrogen-bond donors (Lipinski definition) is 3. The zero-order valence-electron chi connectivity index (χ0n) is 11.6. The SMILES string of the molecule is CC(O)CC(C)CNC(=O)c1cc(-c2ccco2)[nH]n1. The number of nitrogens with one attached hydrogen (secondary N) is 2. The van der Waals surface area contributed by atoms with Crippen molar-refractivity contribution in [1.29, 1.82) is 0 Å². The number of hydrogen-bond acceptors (Lipinski definition) is 4. The van der Waals surface area contributed by atoms with E-state index in [2.05, 4.69) is 15.5 Å². The Morgan fingerprint density at radius 3 is 3.00 bits per heavy atom. The van der Waals surface area contributed by atoms with Crippen LogP contribution in [0.25, 0.3) is 11.5 Å². The molecular weight excluding hydrogens is 258 g/mol.